The molecule has 7 heteroatoms. The first-order valence-electron chi connectivity index (χ1n) is 13.8. The minimum Gasteiger partial charge on any atom is -0.466 e. The molecular formula is C34H42FN3O3. The first kappa shape index (κ1) is 32.9. The van der Waals surface area contributed by atoms with Crippen LogP contribution in [-0.4, -0.2) is 46.9 Å². The lowest BCUT2D eigenvalue weighted by Gasteiger charge is -2.20. The van der Waals surface area contributed by atoms with Gasteiger partial charge in [0.2, 0.25) is 0 Å². The molecule has 1 aliphatic rings. The molecule has 2 N–H and O–H groups in total. The first-order valence-corrected chi connectivity index (χ1v) is 13.8. The molecule has 0 unspecified atom stereocenters. The highest BCUT2D eigenvalue weighted by Crippen LogP contribution is 2.26. The Bertz CT molecular complexity index is 1270. The predicted octanol–water partition coefficient (Wildman–Crippen LogP) is 7.57. The number of nitrogens with zero attached hydrogens (tertiary/aromatic N) is 1. The molecule has 0 radical (unpaired) electrons. The van der Waals surface area contributed by atoms with Gasteiger partial charge in [-0.2, -0.15) is 0 Å². The number of halogens is 1. The number of nitrogens with one attached hydrogen (secondary N) is 2. The van der Waals surface area contributed by atoms with Gasteiger partial charge in [0, 0.05) is 55.8 Å². The number of carbonyl (C=O) groups is 2. The van der Waals surface area contributed by atoms with Crippen LogP contribution in [0.4, 0.5) is 15.8 Å². The number of hydrogen-bond acceptors (Lipinski definition) is 6. The molecule has 0 heterocycles. The van der Waals surface area contributed by atoms with Crippen molar-refractivity contribution in [2.45, 2.75) is 38.6 Å². The zero-order valence-corrected chi connectivity index (χ0v) is 24.5. The van der Waals surface area contributed by atoms with Gasteiger partial charge in [-0.05, 0) is 65.4 Å². The number of carbonyl (C=O) groups excluding carboxylic acids is 2. The van der Waals surface area contributed by atoms with Crippen LogP contribution in [0.5, 0.6) is 0 Å². The van der Waals surface area contributed by atoms with Crippen LogP contribution in [-0.2, 0) is 20.9 Å². The molecule has 0 atom stereocenters. The maximum Gasteiger partial charge on any atom is 0.330 e. The van der Waals surface area contributed by atoms with Crippen LogP contribution in [0.3, 0.4) is 0 Å². The number of ether oxygens (including phenoxy) is 1. The first-order chi connectivity index (χ1) is 20.0. The molecule has 41 heavy (non-hydrogen) atoms. The minimum atomic E-state index is -0.368. The third-order valence-corrected chi connectivity index (χ3v) is 6.95. The topological polar surface area (TPSA) is 82.5 Å². The van der Waals surface area contributed by atoms with Crippen LogP contribution in [0.15, 0.2) is 72.8 Å². The third kappa shape index (κ3) is 10.7. The molecular weight excluding hydrogens is 517 g/mol. The van der Waals surface area contributed by atoms with Gasteiger partial charge in [0.25, 0.3) is 0 Å². The Kier molecular flexibility index (Phi) is 14.6. The van der Waals surface area contributed by atoms with Crippen LogP contribution in [0.1, 0.15) is 48.8 Å². The normalized spacial score (nSPS) is 12.7. The Morgan fingerprint density at radius 2 is 1.71 bits per heavy atom. The summed E-state index contributed by atoms with van der Waals surface area (Å²) < 4.78 is 14.1. The van der Waals surface area contributed by atoms with Crippen LogP contribution in [0, 0.1) is 11.3 Å². The quantitative estimate of drug-likeness (QED) is 0.122. The van der Waals surface area contributed by atoms with E-state index in [1.807, 2.05) is 50.5 Å². The minimum absolute atomic E-state index is 0.368. The number of rotatable bonds is 9. The fourth-order valence-corrected chi connectivity index (χ4v) is 4.63. The molecule has 3 aromatic rings. The molecule has 1 saturated carbocycles. The maximum atomic E-state index is 11.3. The molecule has 0 saturated heterocycles. The van der Waals surface area contributed by atoms with Crippen molar-refractivity contribution in [2.75, 3.05) is 38.6 Å². The van der Waals surface area contributed by atoms with E-state index in [4.69, 9.17) is 5.41 Å². The van der Waals surface area contributed by atoms with E-state index in [-0.39, 0.29) is 5.97 Å². The lowest BCUT2D eigenvalue weighted by molar-refractivity contribution is -0.134. The van der Waals surface area contributed by atoms with Gasteiger partial charge in [-0.1, -0.05) is 61.7 Å². The monoisotopic (exact) mass is 559 g/mol. The molecule has 1 fully saturated rings. The van der Waals surface area contributed by atoms with E-state index in [0.29, 0.717) is 13.1 Å². The molecule has 0 spiro atoms. The van der Waals surface area contributed by atoms with Crippen molar-refractivity contribution in [3.8, 4) is 11.1 Å². The number of hydrogen-bond donors (Lipinski definition) is 2. The number of benzene rings is 3. The van der Waals surface area contributed by atoms with Crippen LogP contribution in [0.25, 0.3) is 17.2 Å². The van der Waals surface area contributed by atoms with Gasteiger partial charge >= 0.3 is 5.97 Å². The summed E-state index contributed by atoms with van der Waals surface area (Å²) in [6.45, 7) is 0.759. The Morgan fingerprint density at radius 3 is 2.29 bits per heavy atom. The largest absolute Gasteiger partial charge is 0.466 e. The standard InChI is InChI=1S/C26H27N3O2.C7H12O.CH3F/c1-28-25-13-12-22(16-23(25)17-27)21-10-7-20(8-11-21)18-29(2)24-6-4-5-19(15-24)9-14-26(30)31-3;8-6-7-4-2-1-3-5-7;1-2/h4-17,27-28H,18H2,1-3H3;6-7H,1-5H2;1H3/b14-9+,27-17?;;. The molecule has 6 nitrogen and oxygen atoms in total. The average molecular weight is 560 g/mol. The van der Waals surface area contributed by atoms with E-state index in [0.717, 1.165) is 59.3 Å². The zero-order valence-electron chi connectivity index (χ0n) is 24.5. The zero-order chi connectivity index (χ0) is 30.0. The number of methoxy groups -OCH3 is 1. The van der Waals surface area contributed by atoms with E-state index >= 15 is 0 Å². The highest BCUT2D eigenvalue weighted by atomic mass is 19.1. The van der Waals surface area contributed by atoms with Crippen molar-refractivity contribution in [1.82, 2.24) is 0 Å². The fourth-order valence-electron chi connectivity index (χ4n) is 4.63. The molecule has 0 aliphatic heterocycles. The van der Waals surface area contributed by atoms with Gasteiger partial charge in [-0.25, -0.2) is 4.79 Å². The summed E-state index contributed by atoms with van der Waals surface area (Å²) in [5, 5.41) is 10.7. The molecule has 218 valence electrons. The molecule has 0 bridgehead atoms. The number of anilines is 2. The van der Waals surface area contributed by atoms with Crippen molar-refractivity contribution < 1.29 is 18.7 Å². The molecule has 1 aliphatic carbocycles. The van der Waals surface area contributed by atoms with E-state index in [9.17, 15) is 14.0 Å². The van der Waals surface area contributed by atoms with Crippen molar-refractivity contribution in [3.63, 3.8) is 0 Å². The lowest BCUT2D eigenvalue weighted by atomic mass is 9.91. The molecule has 4 rings (SSSR count). The highest BCUT2D eigenvalue weighted by Gasteiger charge is 2.10. The summed E-state index contributed by atoms with van der Waals surface area (Å²) in [5.74, 6) is 0.0379. The van der Waals surface area contributed by atoms with Gasteiger partial charge in [0.15, 0.2) is 0 Å². The third-order valence-electron chi connectivity index (χ3n) is 6.95. The van der Waals surface area contributed by atoms with E-state index in [2.05, 4.69) is 45.3 Å². The SMILES string of the molecule is CF.CNc1ccc(-c2ccc(CN(C)c3cccc(/C=C/C(=O)OC)c3)cc2)cc1C=N.O=CC1CCCCC1. The predicted molar refractivity (Wildman–Crippen MR) is 169 cm³/mol. The van der Waals surface area contributed by atoms with Crippen LogP contribution in [0.2, 0.25) is 0 Å². The van der Waals surface area contributed by atoms with Crippen molar-refractivity contribution in [2.24, 2.45) is 5.92 Å². The van der Waals surface area contributed by atoms with Crippen molar-refractivity contribution in [3.05, 3.63) is 89.5 Å². The lowest BCUT2D eigenvalue weighted by Crippen LogP contribution is -2.16. The molecule has 0 aromatic heterocycles. The second kappa shape index (κ2) is 18.2. The summed E-state index contributed by atoms with van der Waals surface area (Å²) in [7, 11) is 5.77. The van der Waals surface area contributed by atoms with Gasteiger partial charge in [0.1, 0.15) is 6.29 Å². The average Bonchev–Trinajstić information content (AvgIpc) is 3.05. The van der Waals surface area contributed by atoms with Crippen LogP contribution >= 0.6 is 0 Å². The molecule has 0 amide bonds. The van der Waals surface area contributed by atoms with E-state index < -0.39 is 0 Å². The van der Waals surface area contributed by atoms with Gasteiger partial charge in [-0.15, -0.1) is 0 Å². The fraction of sp³-hybridized carbons (Fsp3) is 0.324. The van der Waals surface area contributed by atoms with Crippen molar-refractivity contribution >= 4 is 35.9 Å². The Hall–Kier alpha value is -4.26. The van der Waals surface area contributed by atoms with Crippen molar-refractivity contribution in [1.29, 1.82) is 5.41 Å². The van der Waals surface area contributed by atoms with Gasteiger partial charge in [0.05, 0.1) is 14.3 Å². The van der Waals surface area contributed by atoms with E-state index in [1.54, 1.807) is 6.08 Å². The Morgan fingerprint density at radius 1 is 1.02 bits per heavy atom. The summed E-state index contributed by atoms with van der Waals surface area (Å²) >= 11 is 0. The smallest absolute Gasteiger partial charge is 0.330 e. The number of aldehydes is 1. The van der Waals surface area contributed by atoms with Gasteiger partial charge < -0.3 is 25.2 Å². The number of alkyl halides is 1. The highest BCUT2D eigenvalue weighted by molar-refractivity contribution is 5.88. The molecule has 3 aromatic carbocycles. The number of esters is 1. The van der Waals surface area contributed by atoms with E-state index in [1.165, 1.54) is 44.2 Å². The summed E-state index contributed by atoms with van der Waals surface area (Å²) in [5.41, 5.74) is 7.22. The summed E-state index contributed by atoms with van der Waals surface area (Å²) in [6.07, 6.45) is 11.8. The van der Waals surface area contributed by atoms with Crippen LogP contribution < -0.4 is 10.2 Å². The second-order valence-corrected chi connectivity index (χ2v) is 9.74. The van der Waals surface area contributed by atoms with Gasteiger partial charge in [-0.3, -0.25) is 4.39 Å². The summed E-state index contributed by atoms with van der Waals surface area (Å²) in [6, 6.07) is 22.6. The summed E-state index contributed by atoms with van der Waals surface area (Å²) in [4.78, 5) is 23.6. The second-order valence-electron chi connectivity index (χ2n) is 9.74. The Balaban J connectivity index is 0.000000500. The Labute approximate surface area is 243 Å². The maximum absolute atomic E-state index is 11.3.